The van der Waals surface area contributed by atoms with E-state index >= 15 is 0 Å². The molecule has 0 aliphatic carbocycles. The van der Waals surface area contributed by atoms with Crippen molar-refractivity contribution in [2.24, 2.45) is 0 Å². The second-order valence-corrected chi connectivity index (χ2v) is 5.97. The van der Waals surface area contributed by atoms with Crippen molar-refractivity contribution >= 4 is 28.9 Å². The summed E-state index contributed by atoms with van der Waals surface area (Å²) in [6.07, 6.45) is 0.146. The summed E-state index contributed by atoms with van der Waals surface area (Å²) in [5.41, 5.74) is 1.87. The number of nitro benzene ring substituents is 1. The Labute approximate surface area is 141 Å². The van der Waals surface area contributed by atoms with Crippen LogP contribution in [0, 0.1) is 10.1 Å². The number of halogens is 1. The minimum atomic E-state index is -0.483. The summed E-state index contributed by atoms with van der Waals surface area (Å²) in [6, 6.07) is 7.73. The van der Waals surface area contributed by atoms with E-state index in [0.717, 1.165) is 5.56 Å². The SMILES string of the molecule is O=C1C[C@@H](c2cc([N+](=O)[O-])ccc2Cl)c2cc3c(cc2N1)OCO3. The number of nitrogens with zero attached hydrogens (tertiary/aromatic N) is 1. The average Bonchev–Trinajstić information content (AvgIpc) is 2.99. The van der Waals surface area contributed by atoms with E-state index in [4.69, 9.17) is 21.1 Å². The van der Waals surface area contributed by atoms with E-state index in [2.05, 4.69) is 5.32 Å². The van der Waals surface area contributed by atoms with Crippen LogP contribution in [0.2, 0.25) is 5.02 Å². The van der Waals surface area contributed by atoms with Gasteiger partial charge in [-0.2, -0.15) is 0 Å². The van der Waals surface area contributed by atoms with Crippen molar-refractivity contribution in [2.75, 3.05) is 12.1 Å². The molecule has 1 amide bonds. The number of hydrogen-bond acceptors (Lipinski definition) is 5. The molecule has 1 atom stereocenters. The van der Waals surface area contributed by atoms with E-state index in [1.807, 2.05) is 0 Å². The van der Waals surface area contributed by atoms with E-state index in [9.17, 15) is 14.9 Å². The van der Waals surface area contributed by atoms with Gasteiger partial charge in [0.15, 0.2) is 11.5 Å². The van der Waals surface area contributed by atoms with Gasteiger partial charge < -0.3 is 14.8 Å². The van der Waals surface area contributed by atoms with Crippen LogP contribution in [0.5, 0.6) is 11.5 Å². The van der Waals surface area contributed by atoms with Gasteiger partial charge in [-0.1, -0.05) is 11.6 Å². The van der Waals surface area contributed by atoms with Gasteiger partial charge in [0.1, 0.15) is 0 Å². The molecule has 2 heterocycles. The summed E-state index contributed by atoms with van der Waals surface area (Å²) in [5.74, 6) is 0.556. The highest BCUT2D eigenvalue weighted by Gasteiger charge is 2.31. The molecule has 8 heteroatoms. The fourth-order valence-electron chi connectivity index (χ4n) is 3.04. The molecule has 2 aromatic rings. The quantitative estimate of drug-likeness (QED) is 0.664. The molecular formula is C16H11ClN2O5. The number of benzene rings is 2. The monoisotopic (exact) mass is 346 g/mol. The van der Waals surface area contributed by atoms with Crippen molar-refractivity contribution in [3.05, 3.63) is 56.6 Å². The van der Waals surface area contributed by atoms with Gasteiger partial charge in [0, 0.05) is 41.2 Å². The van der Waals surface area contributed by atoms with E-state index in [1.165, 1.54) is 18.2 Å². The Kier molecular flexibility index (Phi) is 3.31. The lowest BCUT2D eigenvalue weighted by Gasteiger charge is -2.26. The number of ether oxygens (including phenoxy) is 2. The predicted octanol–water partition coefficient (Wildman–Crippen LogP) is 3.45. The zero-order valence-electron chi connectivity index (χ0n) is 12.2. The second kappa shape index (κ2) is 5.38. The van der Waals surface area contributed by atoms with E-state index in [1.54, 1.807) is 12.1 Å². The molecule has 0 unspecified atom stereocenters. The summed E-state index contributed by atoms with van der Waals surface area (Å²) in [5, 5.41) is 14.2. The molecule has 7 nitrogen and oxygen atoms in total. The summed E-state index contributed by atoms with van der Waals surface area (Å²) < 4.78 is 10.7. The molecule has 24 heavy (non-hydrogen) atoms. The zero-order valence-corrected chi connectivity index (χ0v) is 13.0. The van der Waals surface area contributed by atoms with Crippen LogP contribution in [0.15, 0.2) is 30.3 Å². The second-order valence-electron chi connectivity index (χ2n) is 5.56. The number of nitro groups is 1. The largest absolute Gasteiger partial charge is 0.454 e. The van der Waals surface area contributed by atoms with Crippen LogP contribution in [-0.4, -0.2) is 17.6 Å². The van der Waals surface area contributed by atoms with Crippen LogP contribution < -0.4 is 14.8 Å². The molecule has 0 fully saturated rings. The Morgan fingerprint density at radius 2 is 1.92 bits per heavy atom. The molecular weight excluding hydrogens is 336 g/mol. The maximum Gasteiger partial charge on any atom is 0.269 e. The van der Waals surface area contributed by atoms with Crippen molar-refractivity contribution in [1.29, 1.82) is 0 Å². The van der Waals surface area contributed by atoms with Crippen LogP contribution in [0.25, 0.3) is 0 Å². The standard InChI is InChI=1S/C16H11ClN2O5/c17-12-2-1-8(19(21)22)3-10(12)9-5-16(20)18-13-6-15-14(4-11(9)13)23-7-24-15/h1-4,6,9H,5,7H2,(H,18,20)/t9-/m0/s1. The first kappa shape index (κ1) is 14.8. The smallest absolute Gasteiger partial charge is 0.269 e. The normalized spacial score (nSPS) is 18.0. The number of anilines is 1. The van der Waals surface area contributed by atoms with Crippen LogP contribution in [0.1, 0.15) is 23.5 Å². The summed E-state index contributed by atoms with van der Waals surface area (Å²) in [4.78, 5) is 22.7. The highest BCUT2D eigenvalue weighted by molar-refractivity contribution is 6.31. The van der Waals surface area contributed by atoms with E-state index in [-0.39, 0.29) is 24.8 Å². The topological polar surface area (TPSA) is 90.7 Å². The molecule has 0 aromatic heterocycles. The number of rotatable bonds is 2. The average molecular weight is 347 g/mol. The van der Waals surface area contributed by atoms with Crippen LogP contribution in [0.4, 0.5) is 11.4 Å². The Morgan fingerprint density at radius 3 is 2.67 bits per heavy atom. The minimum Gasteiger partial charge on any atom is -0.454 e. The van der Waals surface area contributed by atoms with Crippen LogP contribution in [0.3, 0.4) is 0 Å². The van der Waals surface area contributed by atoms with Gasteiger partial charge in [-0.3, -0.25) is 14.9 Å². The molecule has 0 saturated carbocycles. The third-order valence-electron chi connectivity index (χ3n) is 4.15. The highest BCUT2D eigenvalue weighted by Crippen LogP contribution is 2.46. The molecule has 122 valence electrons. The lowest BCUT2D eigenvalue weighted by Crippen LogP contribution is -2.23. The Balaban J connectivity index is 1.87. The Hall–Kier alpha value is -2.80. The molecule has 0 saturated heterocycles. The summed E-state index contributed by atoms with van der Waals surface area (Å²) in [7, 11) is 0. The van der Waals surface area contributed by atoms with Crippen LogP contribution in [-0.2, 0) is 4.79 Å². The van der Waals surface area contributed by atoms with Crippen molar-refractivity contribution in [3.8, 4) is 11.5 Å². The van der Waals surface area contributed by atoms with Crippen molar-refractivity contribution < 1.29 is 19.2 Å². The van der Waals surface area contributed by atoms with Gasteiger partial charge in [0.05, 0.1) is 4.92 Å². The fraction of sp³-hybridized carbons (Fsp3) is 0.188. The minimum absolute atomic E-state index is 0.0670. The van der Waals surface area contributed by atoms with Crippen molar-refractivity contribution in [1.82, 2.24) is 0 Å². The number of fused-ring (bicyclic) bond motifs is 2. The number of nitrogens with one attached hydrogen (secondary N) is 1. The van der Waals surface area contributed by atoms with E-state index in [0.29, 0.717) is 27.8 Å². The third-order valence-corrected chi connectivity index (χ3v) is 4.49. The molecule has 2 aliphatic heterocycles. The number of hydrogen-bond donors (Lipinski definition) is 1. The molecule has 4 rings (SSSR count). The molecule has 1 N–H and O–H groups in total. The first-order valence-electron chi connectivity index (χ1n) is 7.20. The van der Waals surface area contributed by atoms with Crippen molar-refractivity contribution in [3.63, 3.8) is 0 Å². The molecule has 0 radical (unpaired) electrons. The van der Waals surface area contributed by atoms with Gasteiger partial charge in [-0.15, -0.1) is 0 Å². The summed E-state index contributed by atoms with van der Waals surface area (Å²) in [6.45, 7) is 0.119. The van der Waals surface area contributed by atoms with Crippen molar-refractivity contribution in [2.45, 2.75) is 12.3 Å². The number of non-ortho nitro benzene ring substituents is 1. The Bertz CT molecular complexity index is 883. The van der Waals surface area contributed by atoms with Gasteiger partial charge in [-0.05, 0) is 23.3 Å². The number of carbonyl (C=O) groups excluding carboxylic acids is 1. The predicted molar refractivity (Wildman–Crippen MR) is 85.8 cm³/mol. The van der Waals surface area contributed by atoms with Gasteiger partial charge >= 0.3 is 0 Å². The maximum absolute atomic E-state index is 12.1. The van der Waals surface area contributed by atoms with Gasteiger partial charge in [-0.25, -0.2) is 0 Å². The fourth-order valence-corrected chi connectivity index (χ4v) is 3.29. The van der Waals surface area contributed by atoms with Crippen LogP contribution >= 0.6 is 11.6 Å². The lowest BCUT2D eigenvalue weighted by molar-refractivity contribution is -0.384. The molecule has 0 bridgehead atoms. The highest BCUT2D eigenvalue weighted by atomic mass is 35.5. The lowest BCUT2D eigenvalue weighted by atomic mass is 9.84. The first-order chi connectivity index (χ1) is 11.5. The number of carbonyl (C=O) groups is 1. The number of amides is 1. The Morgan fingerprint density at radius 1 is 1.17 bits per heavy atom. The van der Waals surface area contributed by atoms with E-state index < -0.39 is 10.8 Å². The van der Waals surface area contributed by atoms with Gasteiger partial charge in [0.25, 0.3) is 5.69 Å². The summed E-state index contributed by atoms with van der Waals surface area (Å²) >= 11 is 6.26. The molecule has 0 spiro atoms. The molecule has 2 aliphatic rings. The third kappa shape index (κ3) is 2.33. The zero-order chi connectivity index (χ0) is 16.8. The first-order valence-corrected chi connectivity index (χ1v) is 7.58. The van der Waals surface area contributed by atoms with Gasteiger partial charge in [0.2, 0.25) is 12.7 Å². The molecule has 2 aromatic carbocycles. The maximum atomic E-state index is 12.1.